The first kappa shape index (κ1) is 13.3. The van der Waals surface area contributed by atoms with Crippen LogP contribution in [0.1, 0.15) is 40.0 Å². The summed E-state index contributed by atoms with van der Waals surface area (Å²) >= 11 is 0. The number of likely N-dealkylation sites (N-methyl/N-ethyl adjacent to an activating group) is 1. The Bertz CT molecular complexity index is 232. The SMILES string of the molecule is CNC(CNC(=O)OC(C)(C)C)C1CCC1. The van der Waals surface area contributed by atoms with Gasteiger partial charge in [-0.3, -0.25) is 0 Å². The van der Waals surface area contributed by atoms with Crippen molar-refractivity contribution in [1.82, 2.24) is 10.6 Å². The summed E-state index contributed by atoms with van der Waals surface area (Å²) in [6, 6.07) is 0.376. The van der Waals surface area contributed by atoms with Gasteiger partial charge in [-0.05, 0) is 46.6 Å². The van der Waals surface area contributed by atoms with Gasteiger partial charge in [0.15, 0.2) is 0 Å². The van der Waals surface area contributed by atoms with Crippen molar-refractivity contribution in [2.45, 2.75) is 51.7 Å². The van der Waals surface area contributed by atoms with E-state index >= 15 is 0 Å². The number of carbonyl (C=O) groups excluding carboxylic acids is 1. The first-order valence-electron chi connectivity index (χ1n) is 6.06. The van der Waals surface area contributed by atoms with Crippen LogP contribution in [0.5, 0.6) is 0 Å². The van der Waals surface area contributed by atoms with Gasteiger partial charge in [-0.15, -0.1) is 0 Å². The fourth-order valence-corrected chi connectivity index (χ4v) is 1.85. The lowest BCUT2D eigenvalue weighted by atomic mass is 9.80. The Morgan fingerprint density at radius 1 is 1.44 bits per heavy atom. The molecule has 4 nitrogen and oxygen atoms in total. The van der Waals surface area contributed by atoms with Gasteiger partial charge >= 0.3 is 6.09 Å². The molecule has 16 heavy (non-hydrogen) atoms. The highest BCUT2D eigenvalue weighted by atomic mass is 16.6. The van der Waals surface area contributed by atoms with E-state index in [2.05, 4.69) is 10.6 Å². The van der Waals surface area contributed by atoms with Crippen molar-refractivity contribution in [3.63, 3.8) is 0 Å². The number of alkyl carbamates (subject to hydrolysis) is 1. The van der Waals surface area contributed by atoms with Gasteiger partial charge in [0.2, 0.25) is 0 Å². The second kappa shape index (κ2) is 5.53. The van der Waals surface area contributed by atoms with Gasteiger partial charge in [-0.2, -0.15) is 0 Å². The second-order valence-electron chi connectivity index (χ2n) is 5.47. The molecule has 1 atom stereocenters. The molecule has 2 N–H and O–H groups in total. The van der Waals surface area contributed by atoms with Crippen molar-refractivity contribution in [2.75, 3.05) is 13.6 Å². The van der Waals surface area contributed by atoms with E-state index in [4.69, 9.17) is 4.74 Å². The van der Waals surface area contributed by atoms with Crippen LogP contribution < -0.4 is 10.6 Å². The van der Waals surface area contributed by atoms with Gasteiger partial charge in [-0.1, -0.05) is 6.42 Å². The van der Waals surface area contributed by atoms with E-state index in [9.17, 15) is 4.79 Å². The zero-order chi connectivity index (χ0) is 12.2. The summed E-state index contributed by atoms with van der Waals surface area (Å²) in [4.78, 5) is 11.4. The molecule has 0 aliphatic heterocycles. The zero-order valence-electron chi connectivity index (χ0n) is 10.8. The average molecular weight is 228 g/mol. The van der Waals surface area contributed by atoms with Crippen molar-refractivity contribution in [2.24, 2.45) is 5.92 Å². The number of carbonyl (C=O) groups is 1. The van der Waals surface area contributed by atoms with Crippen molar-refractivity contribution in [1.29, 1.82) is 0 Å². The normalized spacial score (nSPS) is 18.8. The summed E-state index contributed by atoms with van der Waals surface area (Å²) in [5.41, 5.74) is -0.421. The van der Waals surface area contributed by atoms with E-state index in [0.717, 1.165) is 0 Å². The van der Waals surface area contributed by atoms with Crippen LogP contribution >= 0.6 is 0 Å². The Labute approximate surface area is 98.1 Å². The number of hydrogen-bond acceptors (Lipinski definition) is 3. The molecule has 0 radical (unpaired) electrons. The molecule has 0 heterocycles. The van der Waals surface area contributed by atoms with E-state index in [-0.39, 0.29) is 6.09 Å². The van der Waals surface area contributed by atoms with Crippen molar-refractivity contribution in [3.8, 4) is 0 Å². The molecule has 0 saturated heterocycles. The molecule has 1 aliphatic carbocycles. The minimum atomic E-state index is -0.421. The van der Waals surface area contributed by atoms with Crippen molar-refractivity contribution >= 4 is 6.09 Å². The molecular formula is C12H24N2O2. The molecule has 1 aliphatic rings. The van der Waals surface area contributed by atoms with Gasteiger partial charge in [0.1, 0.15) is 5.60 Å². The van der Waals surface area contributed by atoms with Gasteiger partial charge in [0.05, 0.1) is 0 Å². The molecule has 1 saturated carbocycles. The molecule has 0 aromatic carbocycles. The van der Waals surface area contributed by atoms with E-state index in [1.165, 1.54) is 19.3 Å². The largest absolute Gasteiger partial charge is 0.444 e. The summed E-state index contributed by atoms with van der Waals surface area (Å²) in [6.07, 6.45) is 3.52. The van der Waals surface area contributed by atoms with E-state index < -0.39 is 5.60 Å². The van der Waals surface area contributed by atoms with E-state index in [1.807, 2.05) is 27.8 Å². The molecule has 0 bridgehead atoms. The van der Waals surface area contributed by atoms with Crippen LogP contribution in [0.15, 0.2) is 0 Å². The lowest BCUT2D eigenvalue weighted by Gasteiger charge is -2.33. The van der Waals surface area contributed by atoms with Crippen LogP contribution in [0, 0.1) is 5.92 Å². The van der Waals surface area contributed by atoms with Gasteiger partial charge in [0, 0.05) is 12.6 Å². The minimum absolute atomic E-state index is 0.327. The number of rotatable bonds is 4. The molecule has 1 unspecified atom stereocenters. The van der Waals surface area contributed by atoms with Crippen LogP contribution in [-0.2, 0) is 4.74 Å². The average Bonchev–Trinajstić information content (AvgIpc) is 2.05. The van der Waals surface area contributed by atoms with Crippen molar-refractivity contribution in [3.05, 3.63) is 0 Å². The van der Waals surface area contributed by atoms with Crippen LogP contribution in [-0.4, -0.2) is 31.3 Å². The maximum Gasteiger partial charge on any atom is 0.407 e. The molecule has 1 rings (SSSR count). The smallest absolute Gasteiger partial charge is 0.407 e. The standard InChI is InChI=1S/C12H24N2O2/c1-12(2,3)16-11(15)14-8-10(13-4)9-6-5-7-9/h9-10,13H,5-8H2,1-4H3,(H,14,15). The summed E-state index contributed by atoms with van der Waals surface area (Å²) < 4.78 is 5.19. The first-order valence-corrected chi connectivity index (χ1v) is 6.06. The molecular weight excluding hydrogens is 204 g/mol. The molecule has 1 fully saturated rings. The maximum absolute atomic E-state index is 11.4. The predicted molar refractivity (Wildman–Crippen MR) is 64.4 cm³/mol. The topological polar surface area (TPSA) is 50.4 Å². The molecule has 94 valence electrons. The summed E-state index contributed by atoms with van der Waals surface area (Å²) in [7, 11) is 1.94. The Hall–Kier alpha value is -0.770. The highest BCUT2D eigenvalue weighted by Crippen LogP contribution is 2.29. The Balaban J connectivity index is 2.23. The highest BCUT2D eigenvalue weighted by Gasteiger charge is 2.26. The predicted octanol–water partition coefficient (Wildman–Crippen LogP) is 1.90. The highest BCUT2D eigenvalue weighted by molar-refractivity contribution is 5.67. The summed E-state index contributed by atoms with van der Waals surface area (Å²) in [5.74, 6) is 0.708. The summed E-state index contributed by atoms with van der Waals surface area (Å²) in [5, 5.41) is 6.07. The Morgan fingerprint density at radius 3 is 2.44 bits per heavy atom. The fraction of sp³-hybridized carbons (Fsp3) is 0.917. The molecule has 0 spiro atoms. The van der Waals surface area contributed by atoms with Crippen LogP contribution in [0.2, 0.25) is 0 Å². The molecule has 1 amide bonds. The number of hydrogen-bond donors (Lipinski definition) is 2. The van der Waals surface area contributed by atoms with Gasteiger partial charge < -0.3 is 15.4 Å². The molecule has 4 heteroatoms. The lowest BCUT2D eigenvalue weighted by Crippen LogP contribution is -2.47. The molecule has 0 aromatic rings. The minimum Gasteiger partial charge on any atom is -0.444 e. The number of ether oxygens (including phenoxy) is 1. The monoisotopic (exact) mass is 228 g/mol. The maximum atomic E-state index is 11.4. The number of nitrogens with one attached hydrogen (secondary N) is 2. The van der Waals surface area contributed by atoms with Gasteiger partial charge in [-0.25, -0.2) is 4.79 Å². The third-order valence-corrected chi connectivity index (χ3v) is 2.95. The Morgan fingerprint density at radius 2 is 2.06 bits per heavy atom. The van der Waals surface area contributed by atoms with Crippen molar-refractivity contribution < 1.29 is 9.53 Å². The third-order valence-electron chi connectivity index (χ3n) is 2.95. The van der Waals surface area contributed by atoms with Gasteiger partial charge in [0.25, 0.3) is 0 Å². The third kappa shape index (κ3) is 4.39. The lowest BCUT2D eigenvalue weighted by molar-refractivity contribution is 0.0514. The molecule has 0 aromatic heterocycles. The quantitative estimate of drug-likeness (QED) is 0.772. The van der Waals surface area contributed by atoms with Crippen LogP contribution in [0.4, 0.5) is 4.79 Å². The number of amides is 1. The summed E-state index contributed by atoms with van der Waals surface area (Å²) in [6.45, 7) is 6.26. The van der Waals surface area contributed by atoms with Crippen LogP contribution in [0.3, 0.4) is 0 Å². The fourth-order valence-electron chi connectivity index (χ4n) is 1.85. The van der Waals surface area contributed by atoms with Crippen LogP contribution in [0.25, 0.3) is 0 Å². The van der Waals surface area contributed by atoms with E-state index in [1.54, 1.807) is 0 Å². The second-order valence-corrected chi connectivity index (χ2v) is 5.47. The van der Waals surface area contributed by atoms with E-state index in [0.29, 0.717) is 18.5 Å². The first-order chi connectivity index (χ1) is 7.42. The zero-order valence-corrected chi connectivity index (χ0v) is 10.8. The Kier molecular flexibility index (Phi) is 4.59.